The number of ether oxygens (including phenoxy) is 1. The quantitative estimate of drug-likeness (QED) is 0.822. The lowest BCUT2D eigenvalue weighted by molar-refractivity contribution is 0.162. The summed E-state index contributed by atoms with van der Waals surface area (Å²) in [6, 6.07) is 7.94. The first-order valence-electron chi connectivity index (χ1n) is 6.24. The molecular weight excluding hydrogens is 240 g/mol. The molecule has 2 heterocycles. The van der Waals surface area contributed by atoms with Crippen LogP contribution in [0.3, 0.4) is 0 Å². The molecule has 5 nitrogen and oxygen atoms in total. The highest BCUT2D eigenvalue weighted by Gasteiger charge is 2.16. The maximum Gasteiger partial charge on any atom is 0.169 e. The first-order chi connectivity index (χ1) is 9.17. The van der Waals surface area contributed by atoms with Crippen molar-refractivity contribution in [1.82, 2.24) is 9.38 Å². The molecule has 0 aliphatic carbocycles. The molecule has 1 atom stereocenters. The van der Waals surface area contributed by atoms with E-state index in [9.17, 15) is 5.26 Å². The van der Waals surface area contributed by atoms with E-state index in [1.165, 1.54) is 0 Å². The molecule has 0 unspecified atom stereocenters. The van der Waals surface area contributed by atoms with Gasteiger partial charge < -0.3 is 9.64 Å². The van der Waals surface area contributed by atoms with Crippen molar-refractivity contribution in [2.24, 2.45) is 5.92 Å². The standard InChI is InChI=1S/C14H18N4O/c1-11(10-19-3)9-17(2)14-12(8-15)18-7-5-4-6-13(18)16-14/h4-7,11H,9-10H2,1-3H3/t11-/m1/s1. The molecule has 0 bridgehead atoms. The first kappa shape index (κ1) is 13.4. The SMILES string of the molecule is COC[C@H](C)CN(C)c1nc2ccccn2c1C#N. The molecule has 0 fully saturated rings. The molecular formula is C14H18N4O. The summed E-state index contributed by atoms with van der Waals surface area (Å²) in [5.74, 6) is 1.10. The summed E-state index contributed by atoms with van der Waals surface area (Å²) in [5.41, 5.74) is 1.36. The Labute approximate surface area is 113 Å². The summed E-state index contributed by atoms with van der Waals surface area (Å²) >= 11 is 0. The molecule has 100 valence electrons. The fourth-order valence-electron chi connectivity index (χ4n) is 2.24. The molecule has 2 rings (SSSR count). The molecule has 0 spiro atoms. The number of nitriles is 1. The second-order valence-electron chi connectivity index (χ2n) is 4.77. The van der Waals surface area contributed by atoms with Gasteiger partial charge in [0, 0.05) is 26.9 Å². The largest absolute Gasteiger partial charge is 0.384 e. The highest BCUT2D eigenvalue weighted by atomic mass is 16.5. The maximum absolute atomic E-state index is 9.33. The van der Waals surface area contributed by atoms with E-state index >= 15 is 0 Å². The zero-order valence-corrected chi connectivity index (χ0v) is 11.5. The summed E-state index contributed by atoms with van der Waals surface area (Å²) in [6.45, 7) is 3.61. The van der Waals surface area contributed by atoms with Gasteiger partial charge in [-0.25, -0.2) is 4.98 Å². The van der Waals surface area contributed by atoms with E-state index in [1.807, 2.05) is 40.7 Å². The van der Waals surface area contributed by atoms with Gasteiger partial charge in [0.2, 0.25) is 0 Å². The van der Waals surface area contributed by atoms with Crippen LogP contribution in [0, 0.1) is 17.2 Å². The average molecular weight is 258 g/mol. The molecule has 0 saturated heterocycles. The van der Waals surface area contributed by atoms with Gasteiger partial charge in [-0.2, -0.15) is 5.26 Å². The van der Waals surface area contributed by atoms with Gasteiger partial charge in [-0.1, -0.05) is 13.0 Å². The van der Waals surface area contributed by atoms with Crippen molar-refractivity contribution < 1.29 is 4.74 Å². The van der Waals surface area contributed by atoms with Crippen molar-refractivity contribution in [3.8, 4) is 6.07 Å². The number of methoxy groups -OCH3 is 1. The molecule has 19 heavy (non-hydrogen) atoms. The number of anilines is 1. The number of nitrogens with zero attached hydrogens (tertiary/aromatic N) is 4. The van der Waals surface area contributed by atoms with Gasteiger partial charge in [-0.3, -0.25) is 4.40 Å². The Morgan fingerprint density at radius 2 is 2.32 bits per heavy atom. The Morgan fingerprint density at radius 1 is 1.53 bits per heavy atom. The van der Waals surface area contributed by atoms with Gasteiger partial charge in [0.1, 0.15) is 11.7 Å². The molecule has 0 aliphatic heterocycles. The lowest BCUT2D eigenvalue weighted by atomic mass is 10.2. The van der Waals surface area contributed by atoms with E-state index in [0.717, 1.165) is 18.0 Å². The summed E-state index contributed by atoms with van der Waals surface area (Å²) in [7, 11) is 3.65. The summed E-state index contributed by atoms with van der Waals surface area (Å²) < 4.78 is 6.95. The predicted octanol–water partition coefficient (Wildman–Crippen LogP) is 1.92. The van der Waals surface area contributed by atoms with Gasteiger partial charge in [0.05, 0.1) is 6.61 Å². The normalized spacial score (nSPS) is 12.3. The van der Waals surface area contributed by atoms with Gasteiger partial charge in [-0.05, 0) is 18.1 Å². The van der Waals surface area contributed by atoms with Gasteiger partial charge in [0.25, 0.3) is 0 Å². The van der Waals surface area contributed by atoms with Crippen molar-refractivity contribution in [1.29, 1.82) is 5.26 Å². The number of aromatic nitrogens is 2. The zero-order chi connectivity index (χ0) is 13.8. The van der Waals surface area contributed by atoms with Gasteiger partial charge in [0.15, 0.2) is 11.5 Å². The third kappa shape index (κ3) is 2.69. The van der Waals surface area contributed by atoms with Crippen LogP contribution in [0.2, 0.25) is 0 Å². The fourth-order valence-corrected chi connectivity index (χ4v) is 2.24. The monoisotopic (exact) mass is 258 g/mol. The third-order valence-electron chi connectivity index (χ3n) is 3.02. The molecule has 0 aliphatic rings. The molecule has 5 heteroatoms. The van der Waals surface area contributed by atoms with Crippen LogP contribution in [0.15, 0.2) is 24.4 Å². The van der Waals surface area contributed by atoms with Crippen LogP contribution < -0.4 is 4.90 Å². The lowest BCUT2D eigenvalue weighted by Gasteiger charge is -2.20. The Hall–Kier alpha value is -2.06. The Kier molecular flexibility index (Phi) is 4.03. The number of fused-ring (bicyclic) bond motifs is 1. The van der Waals surface area contributed by atoms with Crippen LogP contribution >= 0.6 is 0 Å². The Morgan fingerprint density at radius 3 is 3.00 bits per heavy atom. The van der Waals surface area contributed by atoms with Crippen molar-refractivity contribution in [2.75, 3.05) is 32.2 Å². The van der Waals surface area contributed by atoms with Crippen LogP contribution in [-0.4, -0.2) is 36.7 Å². The minimum absolute atomic E-state index is 0.381. The van der Waals surface area contributed by atoms with Crippen molar-refractivity contribution in [3.05, 3.63) is 30.1 Å². The molecule has 0 radical (unpaired) electrons. The number of hydrogen-bond donors (Lipinski definition) is 0. The Bertz CT molecular complexity index is 599. The van der Waals surface area contributed by atoms with Crippen molar-refractivity contribution in [2.45, 2.75) is 6.92 Å². The molecule has 2 aromatic heterocycles. The second kappa shape index (κ2) is 5.72. The third-order valence-corrected chi connectivity index (χ3v) is 3.02. The Balaban J connectivity index is 2.31. The molecule has 0 N–H and O–H groups in total. The molecule has 0 saturated carbocycles. The van der Waals surface area contributed by atoms with Gasteiger partial charge in [-0.15, -0.1) is 0 Å². The summed E-state index contributed by atoms with van der Waals surface area (Å²) in [4.78, 5) is 6.53. The van der Waals surface area contributed by atoms with Gasteiger partial charge >= 0.3 is 0 Å². The number of rotatable bonds is 5. The highest BCUT2D eigenvalue weighted by Crippen LogP contribution is 2.20. The van der Waals surface area contributed by atoms with E-state index in [-0.39, 0.29) is 0 Å². The smallest absolute Gasteiger partial charge is 0.169 e. The first-order valence-corrected chi connectivity index (χ1v) is 6.24. The predicted molar refractivity (Wildman–Crippen MR) is 74.2 cm³/mol. The minimum atomic E-state index is 0.381. The average Bonchev–Trinajstić information content (AvgIpc) is 2.77. The summed E-state index contributed by atoms with van der Waals surface area (Å²) in [6.07, 6.45) is 1.86. The highest BCUT2D eigenvalue weighted by molar-refractivity contribution is 5.59. The molecule has 2 aromatic rings. The number of pyridine rings is 1. The van der Waals surface area contributed by atoms with E-state index < -0.39 is 0 Å². The van der Waals surface area contributed by atoms with E-state index in [2.05, 4.69) is 18.0 Å². The topological polar surface area (TPSA) is 53.6 Å². The van der Waals surface area contributed by atoms with Crippen molar-refractivity contribution in [3.63, 3.8) is 0 Å². The maximum atomic E-state index is 9.33. The zero-order valence-electron chi connectivity index (χ0n) is 11.5. The van der Waals surface area contributed by atoms with Crippen LogP contribution in [-0.2, 0) is 4.74 Å². The van der Waals surface area contributed by atoms with E-state index in [1.54, 1.807) is 7.11 Å². The van der Waals surface area contributed by atoms with Crippen LogP contribution in [0.25, 0.3) is 5.65 Å². The number of imidazole rings is 1. The van der Waals surface area contributed by atoms with E-state index in [4.69, 9.17) is 4.74 Å². The van der Waals surface area contributed by atoms with Crippen LogP contribution in [0.5, 0.6) is 0 Å². The number of hydrogen-bond acceptors (Lipinski definition) is 4. The molecule has 0 aromatic carbocycles. The van der Waals surface area contributed by atoms with Crippen LogP contribution in [0.1, 0.15) is 12.6 Å². The summed E-state index contributed by atoms with van der Waals surface area (Å²) in [5, 5.41) is 9.33. The van der Waals surface area contributed by atoms with Crippen LogP contribution in [0.4, 0.5) is 5.82 Å². The van der Waals surface area contributed by atoms with E-state index in [0.29, 0.717) is 18.2 Å². The second-order valence-corrected chi connectivity index (χ2v) is 4.77. The van der Waals surface area contributed by atoms with Crippen molar-refractivity contribution >= 4 is 11.5 Å². The lowest BCUT2D eigenvalue weighted by Crippen LogP contribution is -2.27. The molecule has 0 amide bonds. The minimum Gasteiger partial charge on any atom is -0.384 e. The fraction of sp³-hybridized carbons (Fsp3) is 0.429.